The Bertz CT molecular complexity index is 445. The molecule has 0 fully saturated rings. The third-order valence-electron chi connectivity index (χ3n) is 4.09. The molecule has 0 saturated carbocycles. The number of nitrogens with zero attached hydrogens (tertiary/aromatic N) is 2. The van der Waals surface area contributed by atoms with E-state index in [4.69, 9.17) is 0 Å². The summed E-state index contributed by atoms with van der Waals surface area (Å²) in [6.07, 6.45) is 19.2. The van der Waals surface area contributed by atoms with Gasteiger partial charge in [-0.05, 0) is 12.8 Å². The van der Waals surface area contributed by atoms with Gasteiger partial charge in [0, 0.05) is 37.1 Å². The Hall–Kier alpha value is -0.240. The average molecular weight is 582 g/mol. The zero-order valence-electron chi connectivity index (χ0n) is 16.5. The summed E-state index contributed by atoms with van der Waals surface area (Å²) in [5, 5.41) is 0. The van der Waals surface area contributed by atoms with Crippen LogP contribution in [0.3, 0.4) is 0 Å². The molecule has 0 saturated heterocycles. The van der Waals surface area contributed by atoms with Crippen LogP contribution in [-0.2, 0) is 13.1 Å². The van der Waals surface area contributed by atoms with E-state index in [-0.39, 0.29) is 48.0 Å². The van der Waals surface area contributed by atoms with E-state index in [1.807, 2.05) is 0 Å². The van der Waals surface area contributed by atoms with Gasteiger partial charge in [-0.3, -0.25) is 0 Å². The Morgan fingerprint density at radius 2 is 0.808 bits per heavy atom. The van der Waals surface area contributed by atoms with Gasteiger partial charge in [0.2, 0.25) is 0 Å². The molecule has 148 valence electrons. The standard InChI is InChI=1S/2C11H18N.2HI/c2*1-2-3-4-6-9-12-10-7-5-8-11-12;;/h2*5,7-8,10-11H,2-4,6,9H2,1H3;2*1H/q2*+1;;/p-2. The lowest BCUT2D eigenvalue weighted by Gasteiger charge is -1.95. The van der Waals surface area contributed by atoms with E-state index >= 15 is 0 Å². The lowest BCUT2D eigenvalue weighted by molar-refractivity contribution is -0.697. The Kier molecular flexibility index (Phi) is 22.7. The van der Waals surface area contributed by atoms with Gasteiger partial charge in [0.15, 0.2) is 24.8 Å². The maximum atomic E-state index is 2.25. The fourth-order valence-electron chi connectivity index (χ4n) is 2.61. The highest BCUT2D eigenvalue weighted by atomic mass is 127. The van der Waals surface area contributed by atoms with Gasteiger partial charge in [-0.15, -0.1) is 0 Å². The third-order valence-corrected chi connectivity index (χ3v) is 4.09. The molecule has 2 rings (SSSR count). The average Bonchev–Trinajstić information content (AvgIpc) is 2.65. The summed E-state index contributed by atoms with van der Waals surface area (Å²) in [5.74, 6) is 0. The van der Waals surface area contributed by atoms with E-state index in [2.05, 4.69) is 84.2 Å². The molecular weight excluding hydrogens is 546 g/mol. The van der Waals surface area contributed by atoms with Gasteiger partial charge in [-0.2, -0.15) is 0 Å². The maximum absolute atomic E-state index is 2.25. The number of rotatable bonds is 10. The van der Waals surface area contributed by atoms with E-state index < -0.39 is 0 Å². The molecule has 2 aromatic rings. The smallest absolute Gasteiger partial charge is 0.168 e. The monoisotopic (exact) mass is 582 g/mol. The van der Waals surface area contributed by atoms with Crippen molar-refractivity contribution in [3.8, 4) is 0 Å². The number of pyridine rings is 2. The molecule has 2 aromatic heterocycles. The van der Waals surface area contributed by atoms with Crippen molar-refractivity contribution in [3.63, 3.8) is 0 Å². The van der Waals surface area contributed by atoms with E-state index in [1.165, 1.54) is 64.5 Å². The van der Waals surface area contributed by atoms with Gasteiger partial charge in [0.25, 0.3) is 0 Å². The van der Waals surface area contributed by atoms with Crippen LogP contribution in [-0.4, -0.2) is 0 Å². The highest BCUT2D eigenvalue weighted by Gasteiger charge is 1.96. The van der Waals surface area contributed by atoms with E-state index in [0.717, 1.165) is 0 Å². The molecule has 0 unspecified atom stereocenters. The molecule has 2 nitrogen and oxygen atoms in total. The summed E-state index contributed by atoms with van der Waals surface area (Å²) in [5.41, 5.74) is 0. The van der Waals surface area contributed by atoms with Crippen LogP contribution in [0.15, 0.2) is 61.2 Å². The van der Waals surface area contributed by atoms with Crippen LogP contribution in [0.2, 0.25) is 0 Å². The van der Waals surface area contributed by atoms with Crippen molar-refractivity contribution in [1.82, 2.24) is 0 Å². The van der Waals surface area contributed by atoms with Crippen molar-refractivity contribution in [2.75, 3.05) is 0 Å². The van der Waals surface area contributed by atoms with Crippen LogP contribution >= 0.6 is 0 Å². The van der Waals surface area contributed by atoms with Gasteiger partial charge < -0.3 is 48.0 Å². The Morgan fingerprint density at radius 1 is 0.462 bits per heavy atom. The highest BCUT2D eigenvalue weighted by molar-refractivity contribution is 4.84. The fraction of sp³-hybridized carbons (Fsp3) is 0.545. The van der Waals surface area contributed by atoms with Gasteiger partial charge in [-0.25, -0.2) is 9.13 Å². The second-order valence-corrected chi connectivity index (χ2v) is 6.35. The second kappa shape index (κ2) is 21.1. The van der Waals surface area contributed by atoms with Crippen LogP contribution in [0, 0.1) is 0 Å². The number of aromatic nitrogens is 2. The lowest BCUT2D eigenvalue weighted by Crippen LogP contribution is -3.00. The highest BCUT2D eigenvalue weighted by Crippen LogP contribution is 1.98. The Morgan fingerprint density at radius 3 is 1.12 bits per heavy atom. The van der Waals surface area contributed by atoms with E-state index in [9.17, 15) is 0 Å². The normalized spacial score (nSPS) is 9.31. The molecule has 4 heteroatoms. The second-order valence-electron chi connectivity index (χ2n) is 6.35. The van der Waals surface area contributed by atoms with E-state index in [1.54, 1.807) is 0 Å². The minimum absolute atomic E-state index is 0. The van der Waals surface area contributed by atoms with Crippen molar-refractivity contribution in [2.24, 2.45) is 0 Å². The molecule has 0 aliphatic heterocycles. The number of aryl methyl sites for hydroxylation is 2. The quantitative estimate of drug-likeness (QED) is 0.196. The van der Waals surface area contributed by atoms with Crippen LogP contribution in [0.1, 0.15) is 65.2 Å². The molecule has 26 heavy (non-hydrogen) atoms. The third kappa shape index (κ3) is 16.0. The molecule has 0 bridgehead atoms. The van der Waals surface area contributed by atoms with Gasteiger partial charge in [0.1, 0.15) is 13.1 Å². The number of hydrogen-bond donors (Lipinski definition) is 0. The first kappa shape index (κ1) is 28.0. The molecule has 0 aliphatic rings. The first-order valence-corrected chi connectivity index (χ1v) is 9.75. The van der Waals surface area contributed by atoms with Gasteiger partial charge in [0.05, 0.1) is 0 Å². The van der Waals surface area contributed by atoms with Crippen LogP contribution < -0.4 is 57.1 Å². The van der Waals surface area contributed by atoms with Crippen molar-refractivity contribution in [3.05, 3.63) is 61.2 Å². The SMILES string of the molecule is CCCCCC[n+]1ccccc1.CCCCCC[n+]1ccccc1.[I-].[I-]. The number of hydrogen-bond acceptors (Lipinski definition) is 0. The molecule has 0 aromatic carbocycles. The first-order valence-electron chi connectivity index (χ1n) is 9.75. The molecule has 0 radical (unpaired) electrons. The fourth-order valence-corrected chi connectivity index (χ4v) is 2.61. The molecule has 0 spiro atoms. The zero-order valence-corrected chi connectivity index (χ0v) is 20.8. The van der Waals surface area contributed by atoms with Crippen molar-refractivity contribution < 1.29 is 57.1 Å². The predicted molar refractivity (Wildman–Crippen MR) is 102 cm³/mol. The minimum atomic E-state index is 0. The molecule has 0 N–H and O–H groups in total. The summed E-state index contributed by atoms with van der Waals surface area (Å²) >= 11 is 0. The number of unbranched alkanes of at least 4 members (excludes halogenated alkanes) is 6. The summed E-state index contributed by atoms with van der Waals surface area (Å²) in [4.78, 5) is 0. The predicted octanol–water partition coefficient (Wildman–Crippen LogP) is -0.883. The summed E-state index contributed by atoms with van der Waals surface area (Å²) in [6, 6.07) is 12.4. The lowest BCUT2D eigenvalue weighted by atomic mass is 10.2. The minimum Gasteiger partial charge on any atom is -1.00 e. The summed E-state index contributed by atoms with van der Waals surface area (Å²) in [6.45, 7) is 6.83. The summed E-state index contributed by atoms with van der Waals surface area (Å²) in [7, 11) is 0. The maximum Gasteiger partial charge on any atom is 0.168 e. The Balaban J connectivity index is 0. The largest absolute Gasteiger partial charge is 1.00 e. The topological polar surface area (TPSA) is 7.76 Å². The van der Waals surface area contributed by atoms with Crippen LogP contribution in [0.4, 0.5) is 0 Å². The van der Waals surface area contributed by atoms with Crippen molar-refractivity contribution in [2.45, 2.75) is 78.3 Å². The van der Waals surface area contributed by atoms with Crippen molar-refractivity contribution in [1.29, 1.82) is 0 Å². The molecule has 2 heterocycles. The van der Waals surface area contributed by atoms with Crippen LogP contribution in [0.5, 0.6) is 0 Å². The first-order chi connectivity index (χ1) is 11.9. The van der Waals surface area contributed by atoms with E-state index in [0.29, 0.717) is 0 Å². The van der Waals surface area contributed by atoms with Gasteiger partial charge in [-0.1, -0.05) is 51.7 Å². The van der Waals surface area contributed by atoms with Crippen molar-refractivity contribution >= 4 is 0 Å². The molecule has 0 aliphatic carbocycles. The molecule has 0 atom stereocenters. The zero-order chi connectivity index (χ0) is 17.3. The summed E-state index contributed by atoms with van der Waals surface area (Å²) < 4.78 is 4.49. The molecular formula is C22H36I2N2. The number of halogens is 2. The Labute approximate surface area is 195 Å². The van der Waals surface area contributed by atoms with Gasteiger partial charge >= 0.3 is 0 Å². The molecule has 0 amide bonds. The van der Waals surface area contributed by atoms with Crippen LogP contribution in [0.25, 0.3) is 0 Å².